The van der Waals surface area contributed by atoms with Gasteiger partial charge in [0.25, 0.3) is 0 Å². The number of pyridine rings is 1. The molecule has 0 amide bonds. The Morgan fingerprint density at radius 3 is 2.70 bits per heavy atom. The van der Waals surface area contributed by atoms with Crippen molar-refractivity contribution in [1.29, 1.82) is 0 Å². The molecule has 2 aromatic carbocycles. The highest BCUT2D eigenvalue weighted by atomic mass is 16.6. The van der Waals surface area contributed by atoms with Gasteiger partial charge >= 0.3 is 0 Å². The van der Waals surface area contributed by atoms with Crippen LogP contribution in [0.1, 0.15) is 12.8 Å². The van der Waals surface area contributed by atoms with Gasteiger partial charge in [-0.25, -0.2) is 0 Å². The molecule has 3 heterocycles. The Hall–Kier alpha value is -2.79. The summed E-state index contributed by atoms with van der Waals surface area (Å²) in [5.74, 6) is 2.50. The molecule has 1 N–H and O–H groups in total. The van der Waals surface area contributed by atoms with E-state index in [0.717, 1.165) is 65.1 Å². The fraction of sp³-hybridized carbons (Fsp3) is 0.318. The zero-order valence-corrected chi connectivity index (χ0v) is 15.1. The van der Waals surface area contributed by atoms with Crippen LogP contribution >= 0.6 is 0 Å². The number of hydrogen-bond acceptors (Lipinski definition) is 5. The van der Waals surface area contributed by atoms with Crippen LogP contribution in [0.4, 0.5) is 0 Å². The summed E-state index contributed by atoms with van der Waals surface area (Å²) in [5.41, 5.74) is 2.16. The number of aromatic nitrogens is 1. The molecule has 0 atom stereocenters. The molecule has 0 bridgehead atoms. The zero-order chi connectivity index (χ0) is 18.1. The fourth-order valence-corrected chi connectivity index (χ4v) is 3.84. The lowest BCUT2D eigenvalue weighted by molar-refractivity contribution is 0.163. The lowest BCUT2D eigenvalue weighted by atomic mass is 9.97. The van der Waals surface area contributed by atoms with Gasteiger partial charge in [-0.1, -0.05) is 6.07 Å². The molecule has 138 valence electrons. The summed E-state index contributed by atoms with van der Waals surface area (Å²) in [7, 11) is 0. The van der Waals surface area contributed by atoms with Crippen molar-refractivity contribution in [2.24, 2.45) is 0 Å². The Labute approximate surface area is 158 Å². The van der Waals surface area contributed by atoms with Crippen molar-refractivity contribution in [3.8, 4) is 28.4 Å². The third-order valence-corrected chi connectivity index (χ3v) is 5.19. The molecule has 1 fully saturated rings. The molecule has 5 heteroatoms. The molecule has 3 aromatic rings. The first-order chi connectivity index (χ1) is 13.4. The van der Waals surface area contributed by atoms with Crippen molar-refractivity contribution < 1.29 is 14.2 Å². The van der Waals surface area contributed by atoms with Crippen molar-refractivity contribution in [3.05, 3.63) is 48.8 Å². The summed E-state index contributed by atoms with van der Waals surface area (Å²) in [5, 5.41) is 5.62. The van der Waals surface area contributed by atoms with Crippen LogP contribution in [0.5, 0.6) is 17.2 Å². The molecule has 27 heavy (non-hydrogen) atoms. The molecule has 5 rings (SSSR count). The number of nitrogens with zero attached hydrogens (tertiary/aromatic N) is 1. The van der Waals surface area contributed by atoms with Gasteiger partial charge in [0.15, 0.2) is 11.5 Å². The molecule has 0 saturated carbocycles. The van der Waals surface area contributed by atoms with Gasteiger partial charge in [0, 0.05) is 23.3 Å². The lowest BCUT2D eigenvalue weighted by Gasteiger charge is -2.26. The summed E-state index contributed by atoms with van der Waals surface area (Å²) in [6, 6.07) is 12.3. The first kappa shape index (κ1) is 16.4. The lowest BCUT2D eigenvalue weighted by Crippen LogP contribution is -2.34. The molecule has 2 aliphatic heterocycles. The number of fused-ring (bicyclic) bond motifs is 2. The number of piperidine rings is 1. The van der Waals surface area contributed by atoms with Crippen molar-refractivity contribution in [1.82, 2.24) is 10.3 Å². The van der Waals surface area contributed by atoms with Gasteiger partial charge in [-0.3, -0.25) is 4.98 Å². The van der Waals surface area contributed by atoms with Crippen molar-refractivity contribution in [3.63, 3.8) is 0 Å². The molecule has 0 aliphatic carbocycles. The maximum atomic E-state index is 6.46. The first-order valence-electron chi connectivity index (χ1n) is 9.52. The SMILES string of the molecule is c1cc2c(-c3ccc4c(c3)OCCO4)c(OC3CCNCC3)ccc2cn1. The van der Waals surface area contributed by atoms with E-state index in [0.29, 0.717) is 13.2 Å². The second-order valence-corrected chi connectivity index (χ2v) is 6.96. The van der Waals surface area contributed by atoms with Crippen LogP contribution in [0, 0.1) is 0 Å². The summed E-state index contributed by atoms with van der Waals surface area (Å²) in [4.78, 5) is 4.27. The molecule has 0 unspecified atom stereocenters. The number of benzene rings is 2. The van der Waals surface area contributed by atoms with Gasteiger partial charge < -0.3 is 19.5 Å². The number of nitrogens with one attached hydrogen (secondary N) is 1. The van der Waals surface area contributed by atoms with E-state index < -0.39 is 0 Å². The monoisotopic (exact) mass is 362 g/mol. The van der Waals surface area contributed by atoms with E-state index in [1.165, 1.54) is 0 Å². The summed E-state index contributed by atoms with van der Waals surface area (Å²) >= 11 is 0. The predicted molar refractivity (Wildman–Crippen MR) is 105 cm³/mol. The van der Waals surface area contributed by atoms with Gasteiger partial charge in [0.2, 0.25) is 0 Å². The molecule has 0 radical (unpaired) electrons. The van der Waals surface area contributed by atoms with Crippen LogP contribution in [0.25, 0.3) is 21.9 Å². The van der Waals surface area contributed by atoms with Gasteiger partial charge in [-0.15, -0.1) is 0 Å². The topological polar surface area (TPSA) is 52.6 Å². The highest BCUT2D eigenvalue weighted by Gasteiger charge is 2.20. The van der Waals surface area contributed by atoms with E-state index in [1.54, 1.807) is 0 Å². The average molecular weight is 362 g/mol. The van der Waals surface area contributed by atoms with Gasteiger partial charge in [-0.05, 0) is 67.2 Å². The molecule has 0 spiro atoms. The summed E-state index contributed by atoms with van der Waals surface area (Å²) < 4.78 is 17.9. The van der Waals surface area contributed by atoms with Gasteiger partial charge in [0.05, 0.1) is 0 Å². The minimum Gasteiger partial charge on any atom is -0.490 e. The Kier molecular flexibility index (Phi) is 4.30. The van der Waals surface area contributed by atoms with Crippen LogP contribution in [-0.4, -0.2) is 37.4 Å². The van der Waals surface area contributed by atoms with E-state index in [9.17, 15) is 0 Å². The van der Waals surface area contributed by atoms with E-state index in [1.807, 2.05) is 18.5 Å². The molecule has 5 nitrogen and oxygen atoms in total. The summed E-state index contributed by atoms with van der Waals surface area (Å²) in [6.07, 6.45) is 6.01. The third kappa shape index (κ3) is 3.19. The molecular weight excluding hydrogens is 340 g/mol. The maximum absolute atomic E-state index is 6.46. The largest absolute Gasteiger partial charge is 0.490 e. The van der Waals surface area contributed by atoms with Crippen LogP contribution in [0.3, 0.4) is 0 Å². The van der Waals surface area contributed by atoms with Gasteiger partial charge in [0.1, 0.15) is 25.1 Å². The fourth-order valence-electron chi connectivity index (χ4n) is 3.84. The standard InChI is InChI=1S/C22H22N2O3/c1-3-19-21(26-12-11-25-19)13-15(1)22-18-7-10-24-14-16(18)2-4-20(22)27-17-5-8-23-9-6-17/h1-4,7,10,13-14,17,23H,5-6,8-9,11-12H2. The van der Waals surface area contributed by atoms with Crippen molar-refractivity contribution in [2.75, 3.05) is 26.3 Å². The number of hydrogen-bond donors (Lipinski definition) is 1. The van der Waals surface area contributed by atoms with Crippen LogP contribution in [0.15, 0.2) is 48.8 Å². The second kappa shape index (κ2) is 7.08. The number of ether oxygens (including phenoxy) is 3. The Bertz CT molecular complexity index is 967. The van der Waals surface area contributed by atoms with E-state index in [2.05, 4.69) is 40.6 Å². The highest BCUT2D eigenvalue weighted by molar-refractivity contribution is 5.99. The molecule has 2 aliphatic rings. The quantitative estimate of drug-likeness (QED) is 0.768. The predicted octanol–water partition coefficient (Wildman–Crippen LogP) is 3.80. The highest BCUT2D eigenvalue weighted by Crippen LogP contribution is 2.41. The molecule has 1 saturated heterocycles. The third-order valence-electron chi connectivity index (χ3n) is 5.19. The Morgan fingerprint density at radius 2 is 1.81 bits per heavy atom. The van der Waals surface area contributed by atoms with E-state index in [-0.39, 0.29) is 6.10 Å². The van der Waals surface area contributed by atoms with Crippen LogP contribution in [0.2, 0.25) is 0 Å². The second-order valence-electron chi connectivity index (χ2n) is 6.96. The maximum Gasteiger partial charge on any atom is 0.161 e. The normalized spacial score (nSPS) is 17.0. The average Bonchev–Trinajstić information content (AvgIpc) is 2.74. The van der Waals surface area contributed by atoms with Gasteiger partial charge in [-0.2, -0.15) is 0 Å². The molecular formula is C22H22N2O3. The zero-order valence-electron chi connectivity index (χ0n) is 15.1. The minimum absolute atomic E-state index is 0.237. The van der Waals surface area contributed by atoms with E-state index in [4.69, 9.17) is 14.2 Å². The van der Waals surface area contributed by atoms with Crippen molar-refractivity contribution in [2.45, 2.75) is 18.9 Å². The number of rotatable bonds is 3. The first-order valence-corrected chi connectivity index (χ1v) is 9.52. The van der Waals surface area contributed by atoms with Crippen molar-refractivity contribution >= 4 is 10.8 Å². The van der Waals surface area contributed by atoms with Crippen LogP contribution < -0.4 is 19.5 Å². The Balaban J connectivity index is 1.63. The molecule has 1 aromatic heterocycles. The smallest absolute Gasteiger partial charge is 0.161 e. The Morgan fingerprint density at radius 1 is 0.963 bits per heavy atom. The van der Waals surface area contributed by atoms with E-state index >= 15 is 0 Å². The minimum atomic E-state index is 0.237. The van der Waals surface area contributed by atoms with Crippen LogP contribution in [-0.2, 0) is 0 Å². The summed E-state index contributed by atoms with van der Waals surface area (Å²) in [6.45, 7) is 3.17.